The van der Waals surface area contributed by atoms with E-state index in [2.05, 4.69) is 4.98 Å². The zero-order valence-corrected chi connectivity index (χ0v) is 13.9. The SMILES string of the molecule is CCCOc1cccc(-c2cc(C(=O)O)c3cc(Cl)ccc3n2)c1. The number of rotatable bonds is 5. The molecule has 3 rings (SSSR count). The van der Waals surface area contributed by atoms with Gasteiger partial charge >= 0.3 is 5.97 Å². The molecule has 2 aromatic carbocycles. The van der Waals surface area contributed by atoms with Crippen LogP contribution >= 0.6 is 11.6 Å². The van der Waals surface area contributed by atoms with Crippen molar-refractivity contribution in [2.24, 2.45) is 0 Å². The number of aromatic carboxylic acids is 1. The van der Waals surface area contributed by atoms with Gasteiger partial charge in [0.1, 0.15) is 5.75 Å². The Morgan fingerprint density at radius 2 is 2.04 bits per heavy atom. The zero-order chi connectivity index (χ0) is 17.1. The van der Waals surface area contributed by atoms with Crippen molar-refractivity contribution in [1.29, 1.82) is 0 Å². The van der Waals surface area contributed by atoms with Gasteiger partial charge in [0, 0.05) is 16.0 Å². The number of carbonyl (C=O) groups is 1. The molecule has 0 fully saturated rings. The van der Waals surface area contributed by atoms with Crippen LogP contribution in [0.3, 0.4) is 0 Å². The molecule has 0 aliphatic heterocycles. The number of pyridine rings is 1. The van der Waals surface area contributed by atoms with Crippen LogP contribution in [0.25, 0.3) is 22.2 Å². The molecule has 0 saturated carbocycles. The third-order valence-corrected chi connectivity index (χ3v) is 3.84. The molecule has 5 heteroatoms. The Labute approximate surface area is 144 Å². The van der Waals surface area contributed by atoms with Crippen molar-refractivity contribution in [2.45, 2.75) is 13.3 Å². The summed E-state index contributed by atoms with van der Waals surface area (Å²) in [5.74, 6) is -0.270. The highest BCUT2D eigenvalue weighted by atomic mass is 35.5. The van der Waals surface area contributed by atoms with E-state index in [0.717, 1.165) is 17.7 Å². The average molecular weight is 342 g/mol. The summed E-state index contributed by atoms with van der Waals surface area (Å²) in [5.41, 5.74) is 2.17. The molecule has 0 amide bonds. The van der Waals surface area contributed by atoms with Crippen LogP contribution in [0.2, 0.25) is 5.02 Å². The highest BCUT2D eigenvalue weighted by Gasteiger charge is 2.13. The lowest BCUT2D eigenvalue weighted by molar-refractivity contribution is 0.0699. The van der Waals surface area contributed by atoms with E-state index in [1.54, 1.807) is 24.3 Å². The smallest absolute Gasteiger partial charge is 0.336 e. The highest BCUT2D eigenvalue weighted by Crippen LogP contribution is 2.28. The average Bonchev–Trinajstić information content (AvgIpc) is 2.59. The fraction of sp³-hybridized carbons (Fsp3) is 0.158. The summed E-state index contributed by atoms with van der Waals surface area (Å²) in [6, 6.07) is 14.1. The Bertz CT molecular complexity index is 908. The number of halogens is 1. The third kappa shape index (κ3) is 3.34. The van der Waals surface area contributed by atoms with E-state index in [-0.39, 0.29) is 5.56 Å². The molecular formula is C19H16ClNO3. The predicted octanol–water partition coefficient (Wildman–Crippen LogP) is 5.04. The largest absolute Gasteiger partial charge is 0.494 e. The Morgan fingerprint density at radius 3 is 2.79 bits per heavy atom. The fourth-order valence-electron chi connectivity index (χ4n) is 2.49. The van der Waals surface area contributed by atoms with Gasteiger partial charge in [-0.15, -0.1) is 0 Å². The van der Waals surface area contributed by atoms with Crippen molar-refractivity contribution < 1.29 is 14.6 Å². The van der Waals surface area contributed by atoms with Crippen LogP contribution in [0.4, 0.5) is 0 Å². The van der Waals surface area contributed by atoms with Crippen LogP contribution in [0.1, 0.15) is 23.7 Å². The Morgan fingerprint density at radius 1 is 1.21 bits per heavy atom. The van der Waals surface area contributed by atoms with Crippen LogP contribution in [0.15, 0.2) is 48.5 Å². The Kier molecular flexibility index (Phi) is 4.67. The molecule has 0 spiro atoms. The van der Waals surface area contributed by atoms with Crippen molar-refractivity contribution in [2.75, 3.05) is 6.61 Å². The highest BCUT2D eigenvalue weighted by molar-refractivity contribution is 6.31. The number of hydrogen-bond acceptors (Lipinski definition) is 3. The van der Waals surface area contributed by atoms with Gasteiger partial charge in [-0.3, -0.25) is 0 Å². The van der Waals surface area contributed by atoms with Crippen molar-refractivity contribution in [3.8, 4) is 17.0 Å². The first-order chi connectivity index (χ1) is 11.6. The summed E-state index contributed by atoms with van der Waals surface area (Å²) in [6.45, 7) is 2.67. The first kappa shape index (κ1) is 16.3. The first-order valence-electron chi connectivity index (χ1n) is 7.65. The van der Waals surface area contributed by atoms with Crippen molar-refractivity contribution in [3.05, 3.63) is 59.1 Å². The van der Waals surface area contributed by atoms with Gasteiger partial charge in [0.05, 0.1) is 23.4 Å². The predicted molar refractivity (Wildman–Crippen MR) is 94.9 cm³/mol. The molecule has 122 valence electrons. The van der Waals surface area contributed by atoms with E-state index < -0.39 is 5.97 Å². The molecule has 0 saturated heterocycles. The fourth-order valence-corrected chi connectivity index (χ4v) is 2.66. The lowest BCUT2D eigenvalue weighted by Crippen LogP contribution is -2.00. The molecule has 0 atom stereocenters. The summed E-state index contributed by atoms with van der Waals surface area (Å²) < 4.78 is 5.64. The molecule has 0 aliphatic carbocycles. The molecule has 0 bridgehead atoms. The second-order valence-corrected chi connectivity index (χ2v) is 5.83. The molecule has 0 unspecified atom stereocenters. The molecular weight excluding hydrogens is 326 g/mol. The first-order valence-corrected chi connectivity index (χ1v) is 8.03. The summed E-state index contributed by atoms with van der Waals surface area (Å²) in [5, 5.41) is 10.5. The number of benzene rings is 2. The van der Waals surface area contributed by atoms with Crippen molar-refractivity contribution in [3.63, 3.8) is 0 Å². The van der Waals surface area contributed by atoms with E-state index in [0.29, 0.717) is 28.2 Å². The Balaban J connectivity index is 2.13. The molecule has 3 aromatic rings. The topological polar surface area (TPSA) is 59.4 Å². The number of aromatic nitrogens is 1. The van der Waals surface area contributed by atoms with Crippen LogP contribution in [0, 0.1) is 0 Å². The lowest BCUT2D eigenvalue weighted by atomic mass is 10.0. The number of fused-ring (bicyclic) bond motifs is 1. The number of hydrogen-bond donors (Lipinski definition) is 1. The lowest BCUT2D eigenvalue weighted by Gasteiger charge is -2.09. The maximum atomic E-state index is 11.6. The molecule has 24 heavy (non-hydrogen) atoms. The maximum absolute atomic E-state index is 11.6. The summed E-state index contributed by atoms with van der Waals surface area (Å²) in [6.07, 6.45) is 0.919. The monoisotopic (exact) mass is 341 g/mol. The van der Waals surface area contributed by atoms with Crippen molar-refractivity contribution in [1.82, 2.24) is 4.98 Å². The molecule has 0 aliphatic rings. The van der Waals surface area contributed by atoms with Gasteiger partial charge in [-0.1, -0.05) is 30.7 Å². The van der Waals surface area contributed by atoms with E-state index in [9.17, 15) is 9.90 Å². The number of nitrogens with zero attached hydrogens (tertiary/aromatic N) is 1. The molecule has 4 nitrogen and oxygen atoms in total. The molecule has 1 aromatic heterocycles. The van der Waals surface area contributed by atoms with Gasteiger partial charge in [0.15, 0.2) is 0 Å². The van der Waals surface area contributed by atoms with Gasteiger partial charge in [0.2, 0.25) is 0 Å². The molecule has 0 radical (unpaired) electrons. The minimum atomic E-state index is -1.01. The van der Waals surface area contributed by atoms with Crippen LogP contribution in [-0.2, 0) is 0 Å². The van der Waals surface area contributed by atoms with E-state index in [4.69, 9.17) is 16.3 Å². The van der Waals surface area contributed by atoms with E-state index in [1.165, 1.54) is 0 Å². The number of ether oxygens (including phenoxy) is 1. The standard InChI is InChI=1S/C19H16ClNO3/c1-2-8-24-14-5-3-4-12(9-14)18-11-16(19(22)23)15-10-13(20)6-7-17(15)21-18/h3-7,9-11H,2,8H2,1H3,(H,22,23). The van der Waals surface area contributed by atoms with Crippen LogP contribution < -0.4 is 4.74 Å². The number of carboxylic acids is 1. The minimum Gasteiger partial charge on any atom is -0.494 e. The number of carboxylic acid groups (broad SMARTS) is 1. The van der Waals surface area contributed by atoms with Gasteiger partial charge in [0.25, 0.3) is 0 Å². The summed E-state index contributed by atoms with van der Waals surface area (Å²) >= 11 is 5.98. The maximum Gasteiger partial charge on any atom is 0.336 e. The van der Waals surface area contributed by atoms with Crippen LogP contribution in [0.5, 0.6) is 5.75 Å². The molecule has 1 N–H and O–H groups in total. The van der Waals surface area contributed by atoms with E-state index >= 15 is 0 Å². The Hall–Kier alpha value is -2.59. The van der Waals surface area contributed by atoms with Gasteiger partial charge in [-0.05, 0) is 42.8 Å². The van der Waals surface area contributed by atoms with Gasteiger partial charge < -0.3 is 9.84 Å². The van der Waals surface area contributed by atoms with E-state index in [1.807, 2.05) is 31.2 Å². The summed E-state index contributed by atoms with van der Waals surface area (Å²) in [4.78, 5) is 16.2. The summed E-state index contributed by atoms with van der Waals surface area (Å²) in [7, 11) is 0. The zero-order valence-electron chi connectivity index (χ0n) is 13.1. The molecule has 1 heterocycles. The third-order valence-electron chi connectivity index (χ3n) is 3.60. The minimum absolute atomic E-state index is 0.178. The normalized spacial score (nSPS) is 10.8. The van der Waals surface area contributed by atoms with Crippen LogP contribution in [-0.4, -0.2) is 22.7 Å². The quantitative estimate of drug-likeness (QED) is 0.706. The van der Waals surface area contributed by atoms with Gasteiger partial charge in [-0.25, -0.2) is 9.78 Å². The second kappa shape index (κ2) is 6.89. The second-order valence-electron chi connectivity index (χ2n) is 5.40. The van der Waals surface area contributed by atoms with Gasteiger partial charge in [-0.2, -0.15) is 0 Å². The van der Waals surface area contributed by atoms with Crippen molar-refractivity contribution >= 4 is 28.5 Å².